The normalized spacial score (nSPS) is 20.4. The predicted octanol–water partition coefficient (Wildman–Crippen LogP) is 2.18. The van der Waals surface area contributed by atoms with Gasteiger partial charge in [0.2, 0.25) is 0 Å². The zero-order chi connectivity index (χ0) is 16.1. The van der Waals surface area contributed by atoms with Gasteiger partial charge < -0.3 is 24.8 Å². The van der Waals surface area contributed by atoms with Crippen molar-refractivity contribution in [3.05, 3.63) is 29.8 Å². The van der Waals surface area contributed by atoms with Crippen molar-refractivity contribution in [2.45, 2.75) is 44.1 Å². The molecule has 1 aliphatic heterocycles. The number of ether oxygens (including phenoxy) is 3. The number of nitrogens with one attached hydrogen (secondary N) is 2. The largest absolute Gasteiger partial charge is 0.497 e. The van der Waals surface area contributed by atoms with Crippen LogP contribution in [0.15, 0.2) is 24.3 Å². The Hall–Kier alpha value is -1.79. The summed E-state index contributed by atoms with van der Waals surface area (Å²) in [6, 6.07) is 7.71. The van der Waals surface area contributed by atoms with E-state index in [9.17, 15) is 4.79 Å². The SMILES string of the molecule is COc1cccc(CNC(=O)NC2CCC3(CC2)OCCO3)c1. The van der Waals surface area contributed by atoms with Crippen molar-refractivity contribution in [1.82, 2.24) is 10.6 Å². The minimum Gasteiger partial charge on any atom is -0.497 e. The lowest BCUT2D eigenvalue weighted by Crippen LogP contribution is -2.47. The molecule has 0 aromatic heterocycles. The molecule has 1 saturated carbocycles. The highest BCUT2D eigenvalue weighted by molar-refractivity contribution is 5.74. The average Bonchev–Trinajstić information content (AvgIpc) is 3.04. The van der Waals surface area contributed by atoms with Gasteiger partial charge in [-0.1, -0.05) is 12.1 Å². The molecule has 6 nitrogen and oxygen atoms in total. The van der Waals surface area contributed by atoms with Crippen LogP contribution in [0.1, 0.15) is 31.2 Å². The van der Waals surface area contributed by atoms with Gasteiger partial charge in [0.1, 0.15) is 5.75 Å². The Morgan fingerprint density at radius 1 is 1.30 bits per heavy atom. The van der Waals surface area contributed by atoms with E-state index < -0.39 is 0 Å². The van der Waals surface area contributed by atoms with Crippen LogP contribution in [0.4, 0.5) is 4.79 Å². The lowest BCUT2D eigenvalue weighted by Gasteiger charge is -2.35. The lowest BCUT2D eigenvalue weighted by atomic mass is 9.90. The molecule has 6 heteroatoms. The number of amides is 2. The van der Waals surface area contributed by atoms with Gasteiger partial charge in [-0.2, -0.15) is 0 Å². The first-order chi connectivity index (χ1) is 11.2. The first-order valence-corrected chi connectivity index (χ1v) is 8.14. The summed E-state index contributed by atoms with van der Waals surface area (Å²) in [5.74, 6) is 0.411. The molecule has 0 bridgehead atoms. The Morgan fingerprint density at radius 3 is 2.74 bits per heavy atom. The van der Waals surface area contributed by atoms with Gasteiger partial charge in [0.25, 0.3) is 0 Å². The number of carbonyl (C=O) groups is 1. The number of rotatable bonds is 4. The van der Waals surface area contributed by atoms with Crippen LogP contribution in [0.2, 0.25) is 0 Å². The minimum atomic E-state index is -0.380. The smallest absolute Gasteiger partial charge is 0.315 e. The first kappa shape index (κ1) is 16.1. The van der Waals surface area contributed by atoms with Crippen LogP contribution in [0.5, 0.6) is 5.75 Å². The number of methoxy groups -OCH3 is 1. The maximum absolute atomic E-state index is 12.0. The van der Waals surface area contributed by atoms with Gasteiger partial charge >= 0.3 is 6.03 Å². The number of hydrogen-bond acceptors (Lipinski definition) is 4. The van der Waals surface area contributed by atoms with E-state index in [0.717, 1.165) is 37.0 Å². The Bertz CT molecular complexity index is 533. The molecule has 23 heavy (non-hydrogen) atoms. The Kier molecular flexibility index (Phi) is 5.03. The zero-order valence-electron chi connectivity index (χ0n) is 13.5. The molecular formula is C17H24N2O4. The summed E-state index contributed by atoms with van der Waals surface area (Å²) in [5.41, 5.74) is 1.01. The third-order valence-electron chi connectivity index (χ3n) is 4.48. The van der Waals surface area contributed by atoms with Crippen molar-refractivity contribution in [2.24, 2.45) is 0 Å². The fourth-order valence-electron chi connectivity index (χ4n) is 3.19. The molecule has 1 aliphatic carbocycles. The maximum atomic E-state index is 12.0. The Morgan fingerprint density at radius 2 is 2.04 bits per heavy atom. The number of urea groups is 1. The molecule has 2 amide bonds. The topological polar surface area (TPSA) is 68.8 Å². The summed E-state index contributed by atoms with van der Waals surface area (Å²) >= 11 is 0. The van der Waals surface area contributed by atoms with Gasteiger partial charge in [-0.25, -0.2) is 4.79 Å². The van der Waals surface area contributed by atoms with Crippen LogP contribution < -0.4 is 15.4 Å². The van der Waals surface area contributed by atoms with Gasteiger partial charge in [-0.15, -0.1) is 0 Å². The van der Waals surface area contributed by atoms with Crippen LogP contribution in [0.25, 0.3) is 0 Å². The van der Waals surface area contributed by atoms with Gasteiger partial charge in [0.15, 0.2) is 5.79 Å². The number of benzene rings is 1. The highest BCUT2D eigenvalue weighted by Crippen LogP contribution is 2.35. The Labute approximate surface area is 136 Å². The van der Waals surface area contributed by atoms with Gasteiger partial charge in [0, 0.05) is 25.4 Å². The monoisotopic (exact) mass is 320 g/mol. The van der Waals surface area contributed by atoms with Crippen molar-refractivity contribution >= 4 is 6.03 Å². The van der Waals surface area contributed by atoms with Crippen molar-refractivity contribution in [1.29, 1.82) is 0 Å². The van der Waals surface area contributed by atoms with E-state index in [1.165, 1.54) is 0 Å². The molecule has 1 aromatic carbocycles. The van der Waals surface area contributed by atoms with E-state index in [1.54, 1.807) is 7.11 Å². The van der Waals surface area contributed by atoms with E-state index in [2.05, 4.69) is 10.6 Å². The molecule has 1 heterocycles. The summed E-state index contributed by atoms with van der Waals surface area (Å²) < 4.78 is 16.6. The van der Waals surface area contributed by atoms with Crippen LogP contribution >= 0.6 is 0 Å². The molecule has 3 rings (SSSR count). The highest BCUT2D eigenvalue weighted by Gasteiger charge is 2.40. The van der Waals surface area contributed by atoms with Gasteiger partial charge in [0.05, 0.1) is 20.3 Å². The maximum Gasteiger partial charge on any atom is 0.315 e. The van der Waals surface area contributed by atoms with Crippen LogP contribution in [-0.2, 0) is 16.0 Å². The number of hydrogen-bond donors (Lipinski definition) is 2. The quantitative estimate of drug-likeness (QED) is 0.892. The molecule has 0 unspecified atom stereocenters. The van der Waals surface area contributed by atoms with Crippen LogP contribution in [-0.4, -0.2) is 38.2 Å². The molecule has 1 spiro atoms. The molecule has 0 atom stereocenters. The zero-order valence-corrected chi connectivity index (χ0v) is 13.5. The fourth-order valence-corrected chi connectivity index (χ4v) is 3.19. The third kappa shape index (κ3) is 4.14. The van der Waals surface area contributed by atoms with Crippen molar-refractivity contribution in [3.8, 4) is 5.75 Å². The van der Waals surface area contributed by atoms with Crippen molar-refractivity contribution in [2.75, 3.05) is 20.3 Å². The second-order valence-corrected chi connectivity index (χ2v) is 6.06. The van der Waals surface area contributed by atoms with E-state index in [0.29, 0.717) is 19.8 Å². The molecule has 0 radical (unpaired) electrons. The Balaban J connectivity index is 1.41. The summed E-state index contributed by atoms with van der Waals surface area (Å²) in [4.78, 5) is 12.0. The molecule has 2 N–H and O–H groups in total. The molecule has 2 aliphatic rings. The van der Waals surface area contributed by atoms with E-state index in [-0.39, 0.29) is 17.9 Å². The number of carbonyl (C=O) groups excluding carboxylic acids is 1. The minimum absolute atomic E-state index is 0.137. The third-order valence-corrected chi connectivity index (χ3v) is 4.48. The molecule has 1 saturated heterocycles. The van der Waals surface area contributed by atoms with E-state index >= 15 is 0 Å². The molecule has 126 valence electrons. The summed E-state index contributed by atoms with van der Waals surface area (Å²) in [7, 11) is 1.63. The van der Waals surface area contributed by atoms with Crippen molar-refractivity contribution < 1.29 is 19.0 Å². The average molecular weight is 320 g/mol. The summed E-state index contributed by atoms with van der Waals surface area (Å²) in [6.07, 6.45) is 3.45. The standard InChI is InChI=1S/C17H24N2O4/c1-21-15-4-2-3-13(11-15)12-18-16(20)19-14-5-7-17(8-6-14)22-9-10-23-17/h2-4,11,14H,5-10,12H2,1H3,(H2,18,19,20). The molecule has 2 fully saturated rings. The summed E-state index contributed by atoms with van der Waals surface area (Å²) in [6.45, 7) is 1.84. The van der Waals surface area contributed by atoms with Gasteiger partial charge in [-0.3, -0.25) is 0 Å². The second kappa shape index (κ2) is 7.19. The predicted molar refractivity (Wildman–Crippen MR) is 85.3 cm³/mol. The van der Waals surface area contributed by atoms with E-state index in [1.807, 2.05) is 24.3 Å². The first-order valence-electron chi connectivity index (χ1n) is 8.14. The lowest BCUT2D eigenvalue weighted by molar-refractivity contribution is -0.179. The van der Waals surface area contributed by atoms with Gasteiger partial charge in [-0.05, 0) is 30.5 Å². The van der Waals surface area contributed by atoms with Crippen LogP contribution in [0, 0.1) is 0 Å². The van der Waals surface area contributed by atoms with Crippen molar-refractivity contribution in [3.63, 3.8) is 0 Å². The summed E-state index contributed by atoms with van der Waals surface area (Å²) in [5, 5.41) is 5.92. The fraction of sp³-hybridized carbons (Fsp3) is 0.588. The van der Waals surface area contributed by atoms with Crippen LogP contribution in [0.3, 0.4) is 0 Å². The second-order valence-electron chi connectivity index (χ2n) is 6.06. The highest BCUT2D eigenvalue weighted by atomic mass is 16.7. The molecule has 1 aromatic rings. The van der Waals surface area contributed by atoms with E-state index in [4.69, 9.17) is 14.2 Å². The molecular weight excluding hydrogens is 296 g/mol.